The molecule has 0 saturated heterocycles. The van der Waals surface area contributed by atoms with Gasteiger partial charge in [-0.05, 0) is 32.1 Å². The highest BCUT2D eigenvalue weighted by molar-refractivity contribution is 5.82. The lowest BCUT2D eigenvalue weighted by atomic mass is 9.81. The third-order valence-electron chi connectivity index (χ3n) is 2.37. The van der Waals surface area contributed by atoms with Gasteiger partial charge < -0.3 is 11.1 Å². The van der Waals surface area contributed by atoms with Crippen LogP contribution >= 0.6 is 0 Å². The van der Waals surface area contributed by atoms with E-state index in [4.69, 9.17) is 5.73 Å². The molecule has 0 aliphatic carbocycles. The van der Waals surface area contributed by atoms with Crippen molar-refractivity contribution in [2.75, 3.05) is 0 Å². The van der Waals surface area contributed by atoms with Crippen molar-refractivity contribution in [3.05, 3.63) is 0 Å². The maximum Gasteiger partial charge on any atom is 0.237 e. The summed E-state index contributed by atoms with van der Waals surface area (Å²) in [4.78, 5) is 11.8. The summed E-state index contributed by atoms with van der Waals surface area (Å²) in [6.45, 7) is 12.7. The van der Waals surface area contributed by atoms with Crippen LogP contribution in [0.3, 0.4) is 0 Å². The first kappa shape index (κ1) is 15.4. The van der Waals surface area contributed by atoms with Gasteiger partial charge in [0.2, 0.25) is 5.91 Å². The standard InChI is InChI=1S/C13H28N2O/c1-7-8-10(14)11(16)15-13(5,6)9-12(2,3)4/h10H,7-9,14H2,1-6H3,(H,15,16)/t10-/m0/s1. The van der Waals surface area contributed by atoms with E-state index in [0.29, 0.717) is 0 Å². The largest absolute Gasteiger partial charge is 0.350 e. The summed E-state index contributed by atoms with van der Waals surface area (Å²) in [6.07, 6.45) is 2.62. The van der Waals surface area contributed by atoms with Crippen LogP contribution < -0.4 is 11.1 Å². The van der Waals surface area contributed by atoms with Crippen LogP contribution in [0.5, 0.6) is 0 Å². The van der Waals surface area contributed by atoms with Crippen molar-refractivity contribution in [1.82, 2.24) is 5.32 Å². The van der Waals surface area contributed by atoms with E-state index >= 15 is 0 Å². The fourth-order valence-corrected chi connectivity index (χ4v) is 2.24. The number of carbonyl (C=O) groups excluding carboxylic acids is 1. The van der Waals surface area contributed by atoms with Crippen LogP contribution in [0, 0.1) is 5.41 Å². The first-order valence-electron chi connectivity index (χ1n) is 6.15. The monoisotopic (exact) mass is 228 g/mol. The van der Waals surface area contributed by atoms with Gasteiger partial charge >= 0.3 is 0 Å². The van der Waals surface area contributed by atoms with Crippen LogP contribution in [0.25, 0.3) is 0 Å². The summed E-state index contributed by atoms with van der Waals surface area (Å²) in [7, 11) is 0. The number of rotatable bonds is 5. The zero-order valence-corrected chi connectivity index (χ0v) is 11.7. The van der Waals surface area contributed by atoms with Crippen LogP contribution in [0.1, 0.15) is 60.8 Å². The summed E-state index contributed by atoms with van der Waals surface area (Å²) < 4.78 is 0. The molecule has 3 heteroatoms. The van der Waals surface area contributed by atoms with Gasteiger partial charge in [-0.25, -0.2) is 0 Å². The van der Waals surface area contributed by atoms with E-state index in [1.54, 1.807) is 0 Å². The summed E-state index contributed by atoms with van der Waals surface area (Å²) >= 11 is 0. The zero-order valence-electron chi connectivity index (χ0n) is 11.7. The van der Waals surface area contributed by atoms with Gasteiger partial charge in [0, 0.05) is 5.54 Å². The van der Waals surface area contributed by atoms with Gasteiger partial charge in [-0.3, -0.25) is 4.79 Å². The molecule has 0 aromatic rings. The number of hydrogen-bond donors (Lipinski definition) is 2. The van der Waals surface area contributed by atoms with Crippen molar-refractivity contribution in [2.24, 2.45) is 11.1 Å². The minimum absolute atomic E-state index is 0.0314. The Morgan fingerprint density at radius 2 is 1.75 bits per heavy atom. The Morgan fingerprint density at radius 3 is 2.12 bits per heavy atom. The minimum Gasteiger partial charge on any atom is -0.350 e. The topological polar surface area (TPSA) is 55.1 Å². The van der Waals surface area contributed by atoms with E-state index in [2.05, 4.69) is 39.9 Å². The van der Waals surface area contributed by atoms with Gasteiger partial charge in [-0.1, -0.05) is 34.1 Å². The van der Waals surface area contributed by atoms with Gasteiger partial charge in [0.1, 0.15) is 0 Å². The first-order chi connectivity index (χ1) is 7.07. The van der Waals surface area contributed by atoms with Gasteiger partial charge in [0.25, 0.3) is 0 Å². The highest BCUT2D eigenvalue weighted by atomic mass is 16.2. The van der Waals surface area contributed by atoms with Gasteiger partial charge in [0.15, 0.2) is 0 Å². The molecule has 3 nitrogen and oxygen atoms in total. The fraction of sp³-hybridized carbons (Fsp3) is 0.923. The Kier molecular flexibility index (Phi) is 5.47. The lowest BCUT2D eigenvalue weighted by molar-refractivity contribution is -0.124. The molecular formula is C13H28N2O. The maximum atomic E-state index is 11.8. The second kappa shape index (κ2) is 5.67. The molecule has 3 N–H and O–H groups in total. The van der Waals surface area contributed by atoms with Crippen molar-refractivity contribution in [1.29, 1.82) is 0 Å². The molecule has 0 aromatic heterocycles. The molecule has 1 amide bonds. The molecule has 0 fully saturated rings. The number of carbonyl (C=O) groups is 1. The molecule has 1 atom stereocenters. The fourth-order valence-electron chi connectivity index (χ4n) is 2.24. The molecule has 0 aliphatic rings. The molecule has 0 spiro atoms. The summed E-state index contributed by atoms with van der Waals surface area (Å²) in [6, 6.07) is -0.371. The summed E-state index contributed by atoms with van der Waals surface area (Å²) in [5, 5.41) is 3.03. The molecular weight excluding hydrogens is 200 g/mol. The SMILES string of the molecule is CCC[C@H](N)C(=O)NC(C)(C)CC(C)(C)C. The number of amides is 1. The third-order valence-corrected chi connectivity index (χ3v) is 2.37. The first-order valence-corrected chi connectivity index (χ1v) is 6.15. The number of nitrogens with two attached hydrogens (primary N) is 1. The molecule has 0 unspecified atom stereocenters. The molecule has 0 aliphatic heterocycles. The summed E-state index contributed by atoms with van der Waals surface area (Å²) in [5.41, 5.74) is 5.79. The van der Waals surface area contributed by atoms with Crippen LogP contribution in [0.4, 0.5) is 0 Å². The smallest absolute Gasteiger partial charge is 0.237 e. The Balaban J connectivity index is 4.30. The van der Waals surface area contributed by atoms with E-state index in [1.807, 2.05) is 6.92 Å². The molecule has 0 heterocycles. The lowest BCUT2D eigenvalue weighted by Crippen LogP contribution is -2.51. The second-order valence-electron chi connectivity index (χ2n) is 6.51. The van der Waals surface area contributed by atoms with Crippen molar-refractivity contribution in [3.8, 4) is 0 Å². The predicted octanol–water partition coefficient (Wildman–Crippen LogP) is 2.44. The quantitative estimate of drug-likeness (QED) is 0.759. The highest BCUT2D eigenvalue weighted by Gasteiger charge is 2.28. The average molecular weight is 228 g/mol. The predicted molar refractivity (Wildman–Crippen MR) is 69.2 cm³/mol. The van der Waals surface area contributed by atoms with Gasteiger partial charge in [0.05, 0.1) is 6.04 Å². The number of nitrogens with one attached hydrogen (secondary N) is 1. The van der Waals surface area contributed by atoms with Crippen LogP contribution in [-0.4, -0.2) is 17.5 Å². The van der Waals surface area contributed by atoms with Gasteiger partial charge in [-0.15, -0.1) is 0 Å². The highest BCUT2D eigenvalue weighted by Crippen LogP contribution is 2.26. The Hall–Kier alpha value is -0.570. The van der Waals surface area contributed by atoms with Crippen LogP contribution in [0.15, 0.2) is 0 Å². The Bertz CT molecular complexity index is 229. The molecule has 0 rings (SSSR count). The average Bonchev–Trinajstić information content (AvgIpc) is 1.98. The van der Waals surface area contributed by atoms with E-state index in [0.717, 1.165) is 19.3 Å². The van der Waals surface area contributed by atoms with Crippen LogP contribution in [0.2, 0.25) is 0 Å². The van der Waals surface area contributed by atoms with Crippen molar-refractivity contribution < 1.29 is 4.79 Å². The normalized spacial score (nSPS) is 14.7. The zero-order chi connectivity index (χ0) is 13.0. The van der Waals surface area contributed by atoms with E-state index in [9.17, 15) is 4.79 Å². The maximum absolute atomic E-state index is 11.8. The molecule has 0 saturated carbocycles. The Labute approximate surface area is 100 Å². The van der Waals surface area contributed by atoms with Crippen molar-refractivity contribution in [3.63, 3.8) is 0 Å². The van der Waals surface area contributed by atoms with Crippen LogP contribution in [-0.2, 0) is 4.79 Å². The van der Waals surface area contributed by atoms with E-state index in [1.165, 1.54) is 0 Å². The molecule has 0 aromatic carbocycles. The lowest BCUT2D eigenvalue weighted by Gasteiger charge is -2.34. The number of hydrogen-bond acceptors (Lipinski definition) is 2. The van der Waals surface area contributed by atoms with Crippen molar-refractivity contribution >= 4 is 5.91 Å². The van der Waals surface area contributed by atoms with E-state index < -0.39 is 0 Å². The Morgan fingerprint density at radius 1 is 1.25 bits per heavy atom. The molecule has 0 bridgehead atoms. The second-order valence-corrected chi connectivity index (χ2v) is 6.51. The third kappa shape index (κ3) is 6.83. The van der Waals surface area contributed by atoms with Crippen molar-refractivity contribution in [2.45, 2.75) is 72.4 Å². The molecule has 16 heavy (non-hydrogen) atoms. The van der Waals surface area contributed by atoms with E-state index in [-0.39, 0.29) is 22.9 Å². The minimum atomic E-state index is -0.371. The molecule has 0 radical (unpaired) electrons. The van der Waals surface area contributed by atoms with Gasteiger partial charge in [-0.2, -0.15) is 0 Å². The molecule has 96 valence electrons. The summed E-state index contributed by atoms with van der Waals surface area (Å²) in [5.74, 6) is -0.0314.